The summed E-state index contributed by atoms with van der Waals surface area (Å²) in [7, 11) is 1.52. The minimum absolute atomic E-state index is 0.0388. The Morgan fingerprint density at radius 3 is 2.67 bits per heavy atom. The fourth-order valence-corrected chi connectivity index (χ4v) is 2.01. The van der Waals surface area contributed by atoms with Gasteiger partial charge in [-0.2, -0.15) is 5.10 Å². The average molecular weight is 291 g/mol. The molecule has 110 valence electrons. The van der Waals surface area contributed by atoms with E-state index in [1.165, 1.54) is 30.8 Å². The zero-order valence-electron chi connectivity index (χ0n) is 11.7. The van der Waals surface area contributed by atoms with Crippen molar-refractivity contribution >= 4 is 11.7 Å². The van der Waals surface area contributed by atoms with Crippen LogP contribution < -0.4 is 4.74 Å². The van der Waals surface area contributed by atoms with E-state index in [9.17, 15) is 14.9 Å². The predicted molar refractivity (Wildman–Crippen MR) is 72.8 cm³/mol. The van der Waals surface area contributed by atoms with Gasteiger partial charge in [-0.05, 0) is 26.0 Å². The Bertz CT molecular complexity index is 736. The third-order valence-corrected chi connectivity index (χ3v) is 3.04. The molecule has 1 N–H and O–H groups in total. The van der Waals surface area contributed by atoms with Gasteiger partial charge in [0.15, 0.2) is 0 Å². The Morgan fingerprint density at radius 2 is 2.10 bits per heavy atom. The summed E-state index contributed by atoms with van der Waals surface area (Å²) >= 11 is 0. The molecule has 0 saturated heterocycles. The molecule has 1 aromatic heterocycles. The summed E-state index contributed by atoms with van der Waals surface area (Å²) in [6, 6.07) is 4.50. The molecule has 2 rings (SSSR count). The lowest BCUT2D eigenvalue weighted by atomic mass is 10.1. The van der Waals surface area contributed by atoms with Gasteiger partial charge in [0.1, 0.15) is 11.4 Å². The van der Waals surface area contributed by atoms with Gasteiger partial charge in [0.2, 0.25) is 0 Å². The number of rotatable bonds is 4. The van der Waals surface area contributed by atoms with E-state index in [-0.39, 0.29) is 28.6 Å². The van der Waals surface area contributed by atoms with Crippen molar-refractivity contribution in [3.63, 3.8) is 0 Å². The lowest BCUT2D eigenvalue weighted by Crippen LogP contribution is -2.03. The average Bonchev–Trinajstić information content (AvgIpc) is 2.66. The highest BCUT2D eigenvalue weighted by Gasteiger charge is 2.27. The predicted octanol–water partition coefficient (Wildman–Crippen LogP) is 2.44. The van der Waals surface area contributed by atoms with Crippen molar-refractivity contribution in [1.29, 1.82) is 0 Å². The Labute approximate surface area is 119 Å². The van der Waals surface area contributed by atoms with Crippen LogP contribution in [0.2, 0.25) is 0 Å². The molecule has 0 spiro atoms. The van der Waals surface area contributed by atoms with Crippen LogP contribution >= 0.6 is 0 Å². The van der Waals surface area contributed by atoms with Crippen LogP contribution in [0, 0.1) is 24.0 Å². The van der Waals surface area contributed by atoms with E-state index in [2.05, 4.69) is 5.10 Å². The van der Waals surface area contributed by atoms with Crippen molar-refractivity contribution in [3.05, 3.63) is 45.1 Å². The van der Waals surface area contributed by atoms with Crippen LogP contribution in [0.5, 0.6) is 11.6 Å². The summed E-state index contributed by atoms with van der Waals surface area (Å²) in [4.78, 5) is 21.6. The summed E-state index contributed by atoms with van der Waals surface area (Å²) in [6.45, 7) is 3.08. The molecule has 0 aliphatic rings. The summed E-state index contributed by atoms with van der Waals surface area (Å²) in [5, 5.41) is 24.1. The third-order valence-electron chi connectivity index (χ3n) is 3.04. The smallest absolute Gasteiger partial charge is 0.353 e. The quantitative estimate of drug-likeness (QED) is 0.684. The number of aryl methyl sites for hydroxylation is 2. The number of hydrogen-bond donors (Lipinski definition) is 1. The van der Waals surface area contributed by atoms with Gasteiger partial charge >= 0.3 is 11.7 Å². The molecule has 0 bridgehead atoms. The van der Waals surface area contributed by atoms with Gasteiger partial charge in [-0.1, -0.05) is 6.07 Å². The Balaban J connectivity index is 2.51. The largest absolute Gasteiger partial charge is 0.478 e. The molecule has 2 aromatic rings. The fourth-order valence-electron chi connectivity index (χ4n) is 2.01. The van der Waals surface area contributed by atoms with Crippen molar-refractivity contribution in [2.75, 3.05) is 0 Å². The molecule has 8 heteroatoms. The number of carboxylic acids is 1. The van der Waals surface area contributed by atoms with Crippen molar-refractivity contribution in [1.82, 2.24) is 9.78 Å². The standard InChI is InChI=1S/C13H13N3O5/c1-7-9(13(17)18)5-4-6-10(7)21-12-11(16(19)20)8(2)14-15(12)3/h4-6H,1-3H3,(H,17,18). The molecule has 8 nitrogen and oxygen atoms in total. The molecule has 0 radical (unpaired) electrons. The number of ether oxygens (including phenoxy) is 1. The first-order valence-corrected chi connectivity index (χ1v) is 6.01. The van der Waals surface area contributed by atoms with Crippen LogP contribution in [0.25, 0.3) is 0 Å². The monoisotopic (exact) mass is 291 g/mol. The highest BCUT2D eigenvalue weighted by atomic mass is 16.6. The third kappa shape index (κ3) is 2.55. The van der Waals surface area contributed by atoms with Crippen molar-refractivity contribution in [2.45, 2.75) is 13.8 Å². The molecule has 0 atom stereocenters. The second kappa shape index (κ2) is 5.23. The summed E-state index contributed by atoms with van der Waals surface area (Å²) < 4.78 is 6.79. The fraction of sp³-hybridized carbons (Fsp3) is 0.231. The van der Waals surface area contributed by atoms with Crippen LogP contribution in [0.3, 0.4) is 0 Å². The number of nitrogens with zero attached hydrogens (tertiary/aromatic N) is 3. The van der Waals surface area contributed by atoms with E-state index in [1.54, 1.807) is 13.0 Å². The first-order valence-electron chi connectivity index (χ1n) is 6.01. The SMILES string of the molecule is Cc1nn(C)c(Oc2cccc(C(=O)O)c2C)c1[N+](=O)[O-]. The number of benzene rings is 1. The number of aromatic nitrogens is 2. The van der Waals surface area contributed by atoms with Crippen LogP contribution in [0.15, 0.2) is 18.2 Å². The van der Waals surface area contributed by atoms with Crippen molar-refractivity contribution < 1.29 is 19.6 Å². The van der Waals surface area contributed by atoms with E-state index >= 15 is 0 Å². The first-order chi connectivity index (χ1) is 9.82. The van der Waals surface area contributed by atoms with Gasteiger partial charge in [-0.15, -0.1) is 0 Å². The Morgan fingerprint density at radius 1 is 1.43 bits per heavy atom. The summed E-state index contributed by atoms with van der Waals surface area (Å²) in [6.07, 6.45) is 0. The molecule has 0 fully saturated rings. The van der Waals surface area contributed by atoms with Crippen LogP contribution in [-0.4, -0.2) is 25.8 Å². The number of carboxylic acid groups (broad SMARTS) is 1. The second-order valence-corrected chi connectivity index (χ2v) is 4.46. The van der Waals surface area contributed by atoms with Crippen molar-refractivity contribution in [3.8, 4) is 11.6 Å². The molecule has 0 aliphatic carbocycles. The molecular formula is C13H13N3O5. The maximum absolute atomic E-state index is 11.1. The normalized spacial score (nSPS) is 10.4. The molecule has 1 aromatic carbocycles. The van der Waals surface area contributed by atoms with Crippen molar-refractivity contribution in [2.24, 2.45) is 7.05 Å². The van der Waals surface area contributed by atoms with Crippen LogP contribution in [0.4, 0.5) is 5.69 Å². The minimum atomic E-state index is -1.09. The Kier molecular flexibility index (Phi) is 3.62. The van der Waals surface area contributed by atoms with Gasteiger partial charge in [-0.25, -0.2) is 9.48 Å². The number of hydrogen-bond acceptors (Lipinski definition) is 5. The van der Waals surface area contributed by atoms with E-state index < -0.39 is 10.9 Å². The van der Waals surface area contributed by atoms with E-state index in [4.69, 9.17) is 9.84 Å². The molecule has 0 aliphatic heterocycles. The number of nitro groups is 1. The van der Waals surface area contributed by atoms with E-state index in [1.807, 2.05) is 0 Å². The molecule has 0 saturated carbocycles. The summed E-state index contributed by atoms with van der Waals surface area (Å²) in [5.41, 5.74) is 0.453. The van der Waals surface area contributed by atoms with Gasteiger partial charge in [0.05, 0.1) is 10.5 Å². The van der Waals surface area contributed by atoms with Crippen LogP contribution in [0.1, 0.15) is 21.6 Å². The summed E-state index contributed by atoms with van der Waals surface area (Å²) in [5.74, 6) is -0.891. The van der Waals surface area contributed by atoms with Gasteiger partial charge in [-0.3, -0.25) is 10.1 Å². The lowest BCUT2D eigenvalue weighted by molar-refractivity contribution is -0.386. The van der Waals surface area contributed by atoms with E-state index in [0.717, 1.165) is 0 Å². The minimum Gasteiger partial charge on any atom is -0.478 e. The first kappa shape index (κ1) is 14.5. The maximum atomic E-state index is 11.1. The molecule has 1 heterocycles. The van der Waals surface area contributed by atoms with Gasteiger partial charge in [0, 0.05) is 12.6 Å². The lowest BCUT2D eigenvalue weighted by Gasteiger charge is -2.09. The van der Waals surface area contributed by atoms with Gasteiger partial charge in [0.25, 0.3) is 5.88 Å². The second-order valence-electron chi connectivity index (χ2n) is 4.46. The van der Waals surface area contributed by atoms with Gasteiger partial charge < -0.3 is 9.84 Å². The molecule has 0 unspecified atom stereocenters. The van der Waals surface area contributed by atoms with Crippen LogP contribution in [-0.2, 0) is 7.05 Å². The number of carbonyl (C=O) groups is 1. The molecule has 0 amide bonds. The molecular weight excluding hydrogens is 278 g/mol. The zero-order valence-corrected chi connectivity index (χ0v) is 11.7. The zero-order chi connectivity index (χ0) is 15.7. The highest BCUT2D eigenvalue weighted by molar-refractivity contribution is 5.90. The van der Waals surface area contributed by atoms with E-state index in [0.29, 0.717) is 5.56 Å². The Hall–Kier alpha value is -2.90. The molecule has 21 heavy (non-hydrogen) atoms. The number of aromatic carboxylic acids is 1. The highest BCUT2D eigenvalue weighted by Crippen LogP contribution is 2.35. The topological polar surface area (TPSA) is 107 Å². The maximum Gasteiger partial charge on any atom is 0.353 e.